The van der Waals surface area contributed by atoms with E-state index in [4.69, 9.17) is 4.74 Å². The van der Waals surface area contributed by atoms with Crippen LogP contribution in [0.5, 0.6) is 5.75 Å². The molecule has 0 fully saturated rings. The van der Waals surface area contributed by atoms with E-state index in [9.17, 15) is 10.3 Å². The predicted octanol–water partition coefficient (Wildman–Crippen LogP) is 2.41. The summed E-state index contributed by atoms with van der Waals surface area (Å²) in [5.41, 5.74) is 1.25. The second-order valence-corrected chi connectivity index (χ2v) is 5.68. The Morgan fingerprint density at radius 3 is 2.67 bits per heavy atom. The monoisotopic (exact) mass is 305 g/mol. The van der Waals surface area contributed by atoms with E-state index in [2.05, 4.69) is 6.92 Å². The van der Waals surface area contributed by atoms with Gasteiger partial charge in [0.1, 0.15) is 12.4 Å². The summed E-state index contributed by atoms with van der Waals surface area (Å²) in [7, 11) is 0. The van der Waals surface area contributed by atoms with E-state index in [1.165, 1.54) is 23.5 Å². The number of nitrogens with zero attached hydrogens (tertiary/aromatic N) is 1. The van der Waals surface area contributed by atoms with Crippen LogP contribution in [0.2, 0.25) is 0 Å². The number of hydrogen-bond donors (Lipinski definition) is 1. The summed E-state index contributed by atoms with van der Waals surface area (Å²) < 4.78 is 6.33. The highest BCUT2D eigenvalue weighted by molar-refractivity contribution is 7.99. The second kappa shape index (κ2) is 7.90. The van der Waals surface area contributed by atoms with Gasteiger partial charge in [-0.15, -0.1) is 0 Å². The quantitative estimate of drug-likeness (QED) is 0.485. The van der Waals surface area contributed by atoms with Gasteiger partial charge in [-0.05, 0) is 30.2 Å². The molecule has 4 nitrogen and oxygen atoms in total. The molecule has 1 atom stereocenters. The molecule has 0 spiro atoms. The summed E-state index contributed by atoms with van der Waals surface area (Å²) in [5, 5.41) is 21.9. The van der Waals surface area contributed by atoms with Crippen LogP contribution in [0.25, 0.3) is 0 Å². The Balaban J connectivity index is 1.76. The summed E-state index contributed by atoms with van der Waals surface area (Å²) in [4.78, 5) is 0. The van der Waals surface area contributed by atoms with Gasteiger partial charge in [0.15, 0.2) is 6.20 Å². The molecule has 5 heteroatoms. The average molecular weight is 305 g/mol. The summed E-state index contributed by atoms with van der Waals surface area (Å²) in [6.07, 6.45) is 1.81. The number of aliphatic hydroxyl groups excluding tert-OH is 1. The third-order valence-electron chi connectivity index (χ3n) is 2.99. The first kappa shape index (κ1) is 15.7. The van der Waals surface area contributed by atoms with Crippen LogP contribution >= 0.6 is 11.8 Å². The fourth-order valence-corrected chi connectivity index (χ4v) is 2.59. The largest absolute Gasteiger partial charge is 0.618 e. The smallest absolute Gasteiger partial charge is 0.251 e. The molecule has 21 heavy (non-hydrogen) atoms. The van der Waals surface area contributed by atoms with E-state index in [1.54, 1.807) is 18.2 Å². The lowest BCUT2D eigenvalue weighted by atomic mass is 10.2. The molecule has 1 N–H and O–H groups in total. The third-order valence-corrected chi connectivity index (χ3v) is 4.15. The van der Waals surface area contributed by atoms with Gasteiger partial charge in [-0.25, -0.2) is 0 Å². The Morgan fingerprint density at radius 1 is 1.24 bits per heavy atom. The molecule has 0 radical (unpaired) electrons. The van der Waals surface area contributed by atoms with Gasteiger partial charge in [0.2, 0.25) is 0 Å². The number of benzene rings is 1. The molecule has 0 aliphatic carbocycles. The summed E-state index contributed by atoms with van der Waals surface area (Å²) in [6, 6.07) is 13.0. The van der Waals surface area contributed by atoms with Crippen molar-refractivity contribution in [1.82, 2.24) is 0 Å². The van der Waals surface area contributed by atoms with Crippen LogP contribution in [0, 0.1) is 5.21 Å². The summed E-state index contributed by atoms with van der Waals surface area (Å²) in [6.45, 7) is 2.31. The maximum absolute atomic E-state index is 11.5. The van der Waals surface area contributed by atoms with E-state index in [-0.39, 0.29) is 6.61 Å². The molecular weight excluding hydrogens is 286 g/mol. The Hall–Kier alpha value is -1.72. The van der Waals surface area contributed by atoms with Crippen molar-refractivity contribution in [2.24, 2.45) is 0 Å². The van der Waals surface area contributed by atoms with Gasteiger partial charge in [-0.2, -0.15) is 4.73 Å². The van der Waals surface area contributed by atoms with Crippen LogP contribution < -0.4 is 9.47 Å². The van der Waals surface area contributed by atoms with E-state index >= 15 is 0 Å². The lowest BCUT2D eigenvalue weighted by Gasteiger charge is -2.12. The zero-order valence-corrected chi connectivity index (χ0v) is 12.8. The molecule has 2 aromatic rings. The minimum atomic E-state index is -0.624. The Morgan fingerprint density at radius 2 is 2.00 bits per heavy atom. The number of aryl methyl sites for hydroxylation is 1. The molecule has 1 aromatic carbocycles. The van der Waals surface area contributed by atoms with Crippen LogP contribution in [-0.2, 0) is 6.42 Å². The SMILES string of the molecule is CCc1ccc(OCC(O)CSc2cccc[n+]2[O-])cc1. The van der Waals surface area contributed by atoms with Gasteiger partial charge in [-0.1, -0.05) is 30.8 Å². The van der Waals surface area contributed by atoms with Crippen molar-refractivity contribution < 1.29 is 14.6 Å². The normalized spacial score (nSPS) is 12.1. The number of hydrogen-bond acceptors (Lipinski definition) is 4. The summed E-state index contributed by atoms with van der Waals surface area (Å²) in [5.74, 6) is 1.16. The van der Waals surface area contributed by atoms with Crippen LogP contribution in [0.3, 0.4) is 0 Å². The molecule has 0 aliphatic rings. The van der Waals surface area contributed by atoms with Crippen LogP contribution in [-0.4, -0.2) is 23.6 Å². The van der Waals surface area contributed by atoms with Gasteiger partial charge in [-0.3, -0.25) is 0 Å². The minimum Gasteiger partial charge on any atom is -0.618 e. The van der Waals surface area contributed by atoms with Gasteiger partial charge in [0.05, 0.1) is 6.10 Å². The molecule has 0 aliphatic heterocycles. The molecule has 0 amide bonds. The van der Waals surface area contributed by atoms with Crippen molar-refractivity contribution in [3.63, 3.8) is 0 Å². The Labute approximate surface area is 129 Å². The van der Waals surface area contributed by atoms with Crippen molar-refractivity contribution in [3.05, 3.63) is 59.4 Å². The first-order chi connectivity index (χ1) is 10.2. The van der Waals surface area contributed by atoms with E-state index in [0.717, 1.165) is 16.9 Å². The van der Waals surface area contributed by atoms with E-state index in [0.29, 0.717) is 10.8 Å². The second-order valence-electron chi connectivity index (χ2n) is 4.64. The summed E-state index contributed by atoms with van der Waals surface area (Å²) >= 11 is 1.32. The van der Waals surface area contributed by atoms with Crippen molar-refractivity contribution in [3.8, 4) is 5.75 Å². The highest BCUT2D eigenvalue weighted by Gasteiger charge is 2.10. The minimum absolute atomic E-state index is 0.212. The molecule has 2 rings (SSSR count). The average Bonchev–Trinajstić information content (AvgIpc) is 2.52. The number of aromatic nitrogens is 1. The van der Waals surface area contributed by atoms with Crippen LogP contribution in [0.15, 0.2) is 53.7 Å². The molecule has 0 saturated heterocycles. The highest BCUT2D eigenvalue weighted by Crippen LogP contribution is 2.16. The fraction of sp³-hybridized carbons (Fsp3) is 0.312. The molecular formula is C16H19NO3S. The van der Waals surface area contributed by atoms with Crippen molar-refractivity contribution in [2.45, 2.75) is 24.5 Å². The van der Waals surface area contributed by atoms with Gasteiger partial charge >= 0.3 is 0 Å². The zero-order chi connectivity index (χ0) is 15.1. The fourth-order valence-electron chi connectivity index (χ4n) is 1.77. The van der Waals surface area contributed by atoms with Gasteiger partial charge < -0.3 is 15.1 Å². The number of ether oxygens (including phenoxy) is 1. The van der Waals surface area contributed by atoms with Crippen molar-refractivity contribution in [2.75, 3.05) is 12.4 Å². The zero-order valence-electron chi connectivity index (χ0n) is 11.9. The van der Waals surface area contributed by atoms with E-state index < -0.39 is 6.10 Å². The van der Waals surface area contributed by atoms with Gasteiger partial charge in [0.25, 0.3) is 5.03 Å². The van der Waals surface area contributed by atoms with Crippen LogP contribution in [0.4, 0.5) is 0 Å². The van der Waals surface area contributed by atoms with Crippen molar-refractivity contribution in [1.29, 1.82) is 0 Å². The Bertz CT molecular complexity index is 560. The first-order valence-corrected chi connectivity index (χ1v) is 7.88. The van der Waals surface area contributed by atoms with E-state index in [1.807, 2.05) is 24.3 Å². The van der Waals surface area contributed by atoms with Gasteiger partial charge in [0, 0.05) is 17.9 Å². The third kappa shape index (κ3) is 4.95. The number of pyridine rings is 1. The molecule has 1 heterocycles. The number of aliphatic hydroxyl groups is 1. The molecule has 0 saturated carbocycles. The highest BCUT2D eigenvalue weighted by atomic mass is 32.2. The lowest BCUT2D eigenvalue weighted by Crippen LogP contribution is -2.29. The molecule has 112 valence electrons. The predicted molar refractivity (Wildman–Crippen MR) is 83.4 cm³/mol. The maximum Gasteiger partial charge on any atom is 0.251 e. The first-order valence-electron chi connectivity index (χ1n) is 6.90. The van der Waals surface area contributed by atoms with Crippen LogP contribution in [0.1, 0.15) is 12.5 Å². The Kier molecular flexibility index (Phi) is 5.90. The number of thioether (sulfide) groups is 1. The standard InChI is InChI=1S/C16H19NO3S/c1-2-13-6-8-15(9-7-13)20-11-14(18)12-21-16-5-3-4-10-17(16)19/h3-10,14,18H,2,11-12H2,1H3. The topological polar surface area (TPSA) is 56.4 Å². The maximum atomic E-state index is 11.5. The molecule has 1 aromatic heterocycles. The molecule has 1 unspecified atom stereocenters. The number of rotatable bonds is 7. The lowest BCUT2D eigenvalue weighted by molar-refractivity contribution is -0.645. The van der Waals surface area contributed by atoms with Crippen molar-refractivity contribution >= 4 is 11.8 Å². The molecule has 0 bridgehead atoms.